The summed E-state index contributed by atoms with van der Waals surface area (Å²) in [5, 5.41) is 9.56. The predicted octanol–water partition coefficient (Wildman–Crippen LogP) is 2.05. The van der Waals surface area contributed by atoms with Gasteiger partial charge in [-0.3, -0.25) is 9.79 Å². The number of guanidine groups is 1. The smallest absolute Gasteiger partial charge is 0.221 e. The van der Waals surface area contributed by atoms with Crippen LogP contribution in [0, 0.1) is 5.92 Å². The maximum atomic E-state index is 11.9. The zero-order valence-electron chi connectivity index (χ0n) is 16.6. The van der Waals surface area contributed by atoms with Gasteiger partial charge in [0.1, 0.15) is 0 Å². The van der Waals surface area contributed by atoms with E-state index in [1.54, 1.807) is 0 Å². The van der Waals surface area contributed by atoms with E-state index in [4.69, 9.17) is 9.47 Å². The summed E-state index contributed by atoms with van der Waals surface area (Å²) >= 11 is 0. The lowest BCUT2D eigenvalue weighted by molar-refractivity contribution is -0.121. The van der Waals surface area contributed by atoms with Crippen LogP contribution in [-0.4, -0.2) is 64.0 Å². The summed E-state index contributed by atoms with van der Waals surface area (Å²) in [5.41, 5.74) is 0. The third-order valence-corrected chi connectivity index (χ3v) is 4.80. The number of nitrogens with one attached hydrogen (secondary N) is 3. The molecule has 0 aromatic rings. The van der Waals surface area contributed by atoms with Gasteiger partial charge in [-0.15, -0.1) is 24.0 Å². The summed E-state index contributed by atoms with van der Waals surface area (Å²) in [4.78, 5) is 16.5. The summed E-state index contributed by atoms with van der Waals surface area (Å²) in [7, 11) is 0. The van der Waals surface area contributed by atoms with E-state index in [0.717, 1.165) is 64.6 Å². The van der Waals surface area contributed by atoms with Gasteiger partial charge in [-0.2, -0.15) is 0 Å². The van der Waals surface area contributed by atoms with Gasteiger partial charge < -0.3 is 25.4 Å². The quantitative estimate of drug-likeness (QED) is 0.177. The molecule has 1 saturated heterocycles. The van der Waals surface area contributed by atoms with E-state index in [-0.39, 0.29) is 29.9 Å². The van der Waals surface area contributed by atoms with Crippen LogP contribution in [0.3, 0.4) is 0 Å². The number of aliphatic imine (C=N–C) groups is 1. The van der Waals surface area contributed by atoms with Crippen LogP contribution in [0.15, 0.2) is 4.99 Å². The Morgan fingerprint density at radius 1 is 1.22 bits per heavy atom. The lowest BCUT2D eigenvalue weighted by Crippen LogP contribution is -2.40. The van der Waals surface area contributed by atoms with Gasteiger partial charge in [0.15, 0.2) is 5.96 Å². The number of nitrogens with zero attached hydrogens (tertiary/aromatic N) is 1. The summed E-state index contributed by atoms with van der Waals surface area (Å²) in [6.45, 7) is 7.37. The molecule has 3 N–H and O–H groups in total. The van der Waals surface area contributed by atoms with Crippen LogP contribution in [0.25, 0.3) is 0 Å². The lowest BCUT2D eigenvalue weighted by atomic mass is 10.1. The first-order chi connectivity index (χ1) is 12.8. The molecule has 1 aliphatic heterocycles. The first kappa shape index (κ1) is 24.4. The average molecular weight is 496 g/mol. The van der Waals surface area contributed by atoms with Crippen LogP contribution in [0.5, 0.6) is 0 Å². The third kappa shape index (κ3) is 11.1. The Bertz CT molecular complexity index is 425. The highest BCUT2D eigenvalue weighted by Crippen LogP contribution is 2.17. The highest BCUT2D eigenvalue weighted by Gasteiger charge is 2.17. The van der Waals surface area contributed by atoms with E-state index >= 15 is 0 Å². The van der Waals surface area contributed by atoms with E-state index in [1.165, 1.54) is 12.8 Å². The molecule has 1 heterocycles. The van der Waals surface area contributed by atoms with Gasteiger partial charge in [0.25, 0.3) is 0 Å². The molecule has 2 rings (SSSR count). The molecule has 0 spiro atoms. The molecule has 0 bridgehead atoms. The van der Waals surface area contributed by atoms with Crippen LogP contribution in [0.1, 0.15) is 51.9 Å². The van der Waals surface area contributed by atoms with Crippen molar-refractivity contribution in [3.8, 4) is 0 Å². The van der Waals surface area contributed by atoms with Crippen molar-refractivity contribution in [2.75, 3.05) is 46.1 Å². The van der Waals surface area contributed by atoms with Crippen LogP contribution in [-0.2, 0) is 14.3 Å². The van der Waals surface area contributed by atoms with Gasteiger partial charge >= 0.3 is 0 Å². The zero-order chi connectivity index (χ0) is 18.5. The minimum Gasteiger partial charge on any atom is -0.381 e. The van der Waals surface area contributed by atoms with E-state index in [9.17, 15) is 4.79 Å². The number of halogens is 1. The van der Waals surface area contributed by atoms with E-state index < -0.39 is 0 Å². The highest BCUT2D eigenvalue weighted by molar-refractivity contribution is 14.0. The maximum Gasteiger partial charge on any atom is 0.221 e. The second-order valence-corrected chi connectivity index (χ2v) is 7.14. The maximum absolute atomic E-state index is 11.9. The molecule has 1 aliphatic carbocycles. The van der Waals surface area contributed by atoms with Crippen molar-refractivity contribution >= 4 is 35.8 Å². The van der Waals surface area contributed by atoms with E-state index in [2.05, 4.69) is 20.9 Å². The van der Waals surface area contributed by atoms with E-state index in [1.807, 2.05) is 6.92 Å². The van der Waals surface area contributed by atoms with E-state index in [0.29, 0.717) is 31.5 Å². The van der Waals surface area contributed by atoms with Gasteiger partial charge in [0, 0.05) is 51.2 Å². The van der Waals surface area contributed by atoms with Crippen LogP contribution < -0.4 is 16.0 Å². The number of carbonyl (C=O) groups excluding carboxylic acids is 1. The average Bonchev–Trinajstić information content (AvgIpc) is 3.31. The molecule has 0 radical (unpaired) electrons. The molecule has 1 unspecified atom stereocenters. The summed E-state index contributed by atoms with van der Waals surface area (Å²) in [6, 6.07) is 0.389. The van der Waals surface area contributed by atoms with Crippen molar-refractivity contribution in [3.63, 3.8) is 0 Å². The van der Waals surface area contributed by atoms with Gasteiger partial charge in [0.05, 0.1) is 13.2 Å². The van der Waals surface area contributed by atoms with Gasteiger partial charge in [-0.1, -0.05) is 12.8 Å². The monoisotopic (exact) mass is 496 g/mol. The molecule has 0 aromatic heterocycles. The molecule has 158 valence electrons. The number of ether oxygens (including phenoxy) is 2. The molecule has 27 heavy (non-hydrogen) atoms. The number of hydrogen-bond donors (Lipinski definition) is 3. The van der Waals surface area contributed by atoms with Crippen LogP contribution in [0.4, 0.5) is 0 Å². The van der Waals surface area contributed by atoms with Crippen molar-refractivity contribution in [1.82, 2.24) is 16.0 Å². The molecule has 8 heteroatoms. The number of carbonyl (C=O) groups is 1. The number of hydrogen-bond acceptors (Lipinski definition) is 4. The zero-order valence-corrected chi connectivity index (χ0v) is 19.0. The van der Waals surface area contributed by atoms with Crippen LogP contribution >= 0.6 is 24.0 Å². The Kier molecular flexibility index (Phi) is 13.9. The molecular weight excluding hydrogens is 459 g/mol. The first-order valence-electron chi connectivity index (χ1n) is 10.2. The molecule has 1 saturated carbocycles. The standard InChI is InChI=1S/C19H36N4O3.HI/c1-2-20-19(21-10-5-12-25-14-16-9-13-26-15-16)22-11-8-18(24)23-17-6-3-4-7-17;/h16-17H,2-15H2,1H3,(H,23,24)(H2,20,21,22);1H. The third-order valence-electron chi connectivity index (χ3n) is 4.80. The molecule has 0 aromatic carbocycles. The Hall–Kier alpha value is -0.610. The Morgan fingerprint density at radius 3 is 2.74 bits per heavy atom. The fourth-order valence-corrected chi connectivity index (χ4v) is 3.33. The molecule has 1 amide bonds. The number of rotatable bonds is 11. The molecule has 7 nitrogen and oxygen atoms in total. The minimum absolute atomic E-state index is 0. The highest BCUT2D eigenvalue weighted by atomic mass is 127. The first-order valence-corrected chi connectivity index (χ1v) is 10.2. The Balaban J connectivity index is 0.00000364. The van der Waals surface area contributed by atoms with Gasteiger partial charge in [-0.05, 0) is 32.6 Å². The van der Waals surface area contributed by atoms with Crippen molar-refractivity contribution in [2.24, 2.45) is 10.9 Å². The second kappa shape index (κ2) is 15.3. The largest absolute Gasteiger partial charge is 0.381 e. The molecule has 1 atom stereocenters. The topological polar surface area (TPSA) is 84.0 Å². The minimum atomic E-state index is 0. The predicted molar refractivity (Wildman–Crippen MR) is 119 cm³/mol. The number of amides is 1. The second-order valence-electron chi connectivity index (χ2n) is 7.14. The summed E-state index contributed by atoms with van der Waals surface area (Å²) in [6.07, 6.45) is 7.20. The van der Waals surface area contributed by atoms with Crippen molar-refractivity contribution in [2.45, 2.75) is 57.9 Å². The molecule has 2 aliphatic rings. The van der Waals surface area contributed by atoms with Crippen LogP contribution in [0.2, 0.25) is 0 Å². The van der Waals surface area contributed by atoms with Gasteiger partial charge in [-0.25, -0.2) is 0 Å². The van der Waals surface area contributed by atoms with Crippen molar-refractivity contribution < 1.29 is 14.3 Å². The molecular formula is C19H37IN4O3. The fourth-order valence-electron chi connectivity index (χ4n) is 3.33. The van der Waals surface area contributed by atoms with Gasteiger partial charge in [0.2, 0.25) is 5.91 Å². The lowest BCUT2D eigenvalue weighted by Gasteiger charge is -2.14. The normalized spacial score (nSPS) is 20.3. The molecule has 2 fully saturated rings. The Labute approximate surface area is 180 Å². The summed E-state index contributed by atoms with van der Waals surface area (Å²) in [5.74, 6) is 1.46. The van der Waals surface area contributed by atoms with Crippen molar-refractivity contribution in [1.29, 1.82) is 0 Å². The summed E-state index contributed by atoms with van der Waals surface area (Å²) < 4.78 is 11.0. The Morgan fingerprint density at radius 2 is 2.04 bits per heavy atom. The fraction of sp³-hybridized carbons (Fsp3) is 0.895. The SMILES string of the molecule is CCNC(=NCCCOCC1CCOC1)NCCC(=O)NC1CCCC1.I. The van der Waals surface area contributed by atoms with Crippen molar-refractivity contribution in [3.05, 3.63) is 0 Å².